The summed E-state index contributed by atoms with van der Waals surface area (Å²) in [7, 11) is 1.68. The van der Waals surface area contributed by atoms with Crippen molar-refractivity contribution in [3.8, 4) is 0 Å². The van der Waals surface area contributed by atoms with Gasteiger partial charge in [-0.25, -0.2) is 4.98 Å². The molecule has 0 bridgehead atoms. The lowest BCUT2D eigenvalue weighted by molar-refractivity contribution is 0.102. The number of Topliss-reactive ketones (excluding diaryl/α,β-unsaturated/α-hetero) is 1. The normalized spacial score (nSPS) is 10.8. The molecule has 0 N–H and O–H groups in total. The summed E-state index contributed by atoms with van der Waals surface area (Å²) in [5, 5.41) is 1.14. The maximum absolute atomic E-state index is 12.3. The molecule has 0 spiro atoms. The average molecular weight is 310 g/mol. The summed E-state index contributed by atoms with van der Waals surface area (Å²) < 4.78 is 1.49. The van der Waals surface area contributed by atoms with Gasteiger partial charge in [-0.15, -0.1) is 0 Å². The second-order valence-corrected chi connectivity index (χ2v) is 5.80. The summed E-state index contributed by atoms with van der Waals surface area (Å²) in [6, 6.07) is 16.3. The Bertz CT molecular complexity index is 888. The molecule has 22 heavy (non-hydrogen) atoms. The maximum atomic E-state index is 12.3. The van der Waals surface area contributed by atoms with E-state index in [0.29, 0.717) is 21.6 Å². The predicted molar refractivity (Wildman–Crippen MR) is 88.5 cm³/mol. The van der Waals surface area contributed by atoms with Crippen LogP contribution in [0.3, 0.4) is 0 Å². The van der Waals surface area contributed by atoms with E-state index in [9.17, 15) is 9.59 Å². The van der Waals surface area contributed by atoms with Gasteiger partial charge in [0, 0.05) is 12.6 Å². The van der Waals surface area contributed by atoms with Crippen LogP contribution in [0.25, 0.3) is 10.9 Å². The van der Waals surface area contributed by atoms with Crippen molar-refractivity contribution in [1.82, 2.24) is 9.55 Å². The molecule has 0 unspecified atom stereocenters. The molecule has 1 heterocycles. The van der Waals surface area contributed by atoms with Crippen LogP contribution in [0.1, 0.15) is 10.4 Å². The van der Waals surface area contributed by atoms with Gasteiger partial charge in [0.15, 0.2) is 10.9 Å². The van der Waals surface area contributed by atoms with Crippen molar-refractivity contribution < 1.29 is 4.79 Å². The molecule has 0 aliphatic heterocycles. The lowest BCUT2D eigenvalue weighted by Crippen LogP contribution is -2.20. The van der Waals surface area contributed by atoms with Crippen molar-refractivity contribution in [1.29, 1.82) is 0 Å². The Kier molecular flexibility index (Phi) is 4.06. The lowest BCUT2D eigenvalue weighted by Gasteiger charge is -2.08. The standard InChI is InChI=1S/C17H14N2O2S/c1-19-16(21)13-9-5-6-10-14(13)18-17(19)22-11-15(20)12-7-3-2-4-8-12/h2-10H,11H2,1H3. The summed E-state index contributed by atoms with van der Waals surface area (Å²) in [5.41, 5.74) is 1.22. The number of hydrogen-bond acceptors (Lipinski definition) is 4. The molecule has 0 atom stereocenters. The Morgan fingerprint density at radius 3 is 2.55 bits per heavy atom. The zero-order valence-electron chi connectivity index (χ0n) is 12.0. The highest BCUT2D eigenvalue weighted by Gasteiger charge is 2.11. The molecular formula is C17H14N2O2S. The van der Waals surface area contributed by atoms with Gasteiger partial charge in [-0.1, -0.05) is 54.2 Å². The number of ketones is 1. The SMILES string of the molecule is Cn1c(SCC(=O)c2ccccc2)nc2ccccc2c1=O. The van der Waals surface area contributed by atoms with E-state index < -0.39 is 0 Å². The van der Waals surface area contributed by atoms with Crippen LogP contribution in [0.2, 0.25) is 0 Å². The van der Waals surface area contributed by atoms with E-state index in [-0.39, 0.29) is 17.1 Å². The molecule has 0 aliphatic carbocycles. The zero-order valence-corrected chi connectivity index (χ0v) is 12.8. The number of benzene rings is 2. The first-order chi connectivity index (χ1) is 10.7. The van der Waals surface area contributed by atoms with Crippen molar-refractivity contribution in [2.75, 3.05) is 5.75 Å². The highest BCUT2D eigenvalue weighted by atomic mass is 32.2. The predicted octanol–water partition coefficient (Wildman–Crippen LogP) is 2.91. The van der Waals surface area contributed by atoms with E-state index in [1.165, 1.54) is 16.3 Å². The van der Waals surface area contributed by atoms with E-state index in [4.69, 9.17) is 0 Å². The second-order valence-electron chi connectivity index (χ2n) is 4.85. The average Bonchev–Trinajstić information content (AvgIpc) is 2.57. The number of carbonyl (C=O) groups is 1. The van der Waals surface area contributed by atoms with Crippen LogP contribution in [0.4, 0.5) is 0 Å². The van der Waals surface area contributed by atoms with Gasteiger partial charge < -0.3 is 0 Å². The van der Waals surface area contributed by atoms with E-state index in [2.05, 4.69) is 4.98 Å². The highest BCUT2D eigenvalue weighted by molar-refractivity contribution is 7.99. The van der Waals surface area contributed by atoms with E-state index in [1.807, 2.05) is 30.3 Å². The second kappa shape index (κ2) is 6.15. The Balaban J connectivity index is 1.87. The molecule has 0 amide bonds. The first kappa shape index (κ1) is 14.5. The van der Waals surface area contributed by atoms with E-state index in [0.717, 1.165) is 0 Å². The van der Waals surface area contributed by atoms with Gasteiger partial charge in [-0.2, -0.15) is 0 Å². The third kappa shape index (κ3) is 2.80. The van der Waals surface area contributed by atoms with E-state index >= 15 is 0 Å². The third-order valence-corrected chi connectivity index (χ3v) is 4.40. The van der Waals surface area contributed by atoms with Gasteiger partial charge in [0.2, 0.25) is 0 Å². The van der Waals surface area contributed by atoms with Crippen molar-refractivity contribution in [2.24, 2.45) is 7.05 Å². The summed E-state index contributed by atoms with van der Waals surface area (Å²) in [5.74, 6) is 0.274. The Labute approximate surface area is 131 Å². The molecule has 0 fully saturated rings. The fourth-order valence-corrected chi connectivity index (χ4v) is 3.03. The van der Waals surface area contributed by atoms with Crippen LogP contribution in [0.15, 0.2) is 64.5 Å². The number of carbonyl (C=O) groups excluding carboxylic acids is 1. The fraction of sp³-hybridized carbons (Fsp3) is 0.118. The highest BCUT2D eigenvalue weighted by Crippen LogP contribution is 2.18. The number of rotatable bonds is 4. The summed E-state index contributed by atoms with van der Waals surface area (Å²) in [6.45, 7) is 0. The molecule has 2 aromatic carbocycles. The van der Waals surface area contributed by atoms with Crippen LogP contribution in [-0.4, -0.2) is 21.1 Å². The fourth-order valence-electron chi connectivity index (χ4n) is 2.16. The molecule has 110 valence electrons. The van der Waals surface area contributed by atoms with Crippen LogP contribution in [0, 0.1) is 0 Å². The van der Waals surface area contributed by atoms with Gasteiger partial charge in [0.25, 0.3) is 5.56 Å². The quantitative estimate of drug-likeness (QED) is 0.422. The van der Waals surface area contributed by atoms with Crippen LogP contribution in [-0.2, 0) is 7.05 Å². The first-order valence-electron chi connectivity index (χ1n) is 6.83. The molecule has 1 aromatic heterocycles. The number of thioether (sulfide) groups is 1. The van der Waals surface area contributed by atoms with Crippen molar-refractivity contribution in [2.45, 2.75) is 5.16 Å². The van der Waals surface area contributed by atoms with E-state index in [1.54, 1.807) is 31.3 Å². The van der Waals surface area contributed by atoms with Gasteiger partial charge in [-0.3, -0.25) is 14.2 Å². The molecule has 0 radical (unpaired) electrons. The molecule has 5 heteroatoms. The van der Waals surface area contributed by atoms with Crippen LogP contribution in [0.5, 0.6) is 0 Å². The summed E-state index contributed by atoms with van der Waals surface area (Å²) in [4.78, 5) is 28.9. The molecule has 0 aliphatic rings. The minimum Gasteiger partial charge on any atom is -0.293 e. The van der Waals surface area contributed by atoms with Crippen molar-refractivity contribution in [3.05, 3.63) is 70.5 Å². The minimum absolute atomic E-state index is 0.0213. The number of aromatic nitrogens is 2. The summed E-state index contributed by atoms with van der Waals surface area (Å²) >= 11 is 1.28. The smallest absolute Gasteiger partial charge is 0.261 e. The van der Waals surface area contributed by atoms with Gasteiger partial charge in [-0.05, 0) is 12.1 Å². The number of nitrogens with zero attached hydrogens (tertiary/aromatic N) is 2. The van der Waals surface area contributed by atoms with Gasteiger partial charge in [0.05, 0.1) is 16.7 Å². The third-order valence-electron chi connectivity index (χ3n) is 3.37. The molecule has 4 nitrogen and oxygen atoms in total. The Morgan fingerprint density at radius 1 is 1.09 bits per heavy atom. The summed E-state index contributed by atoms with van der Waals surface area (Å²) in [6.07, 6.45) is 0. The van der Waals surface area contributed by atoms with Crippen molar-refractivity contribution in [3.63, 3.8) is 0 Å². The largest absolute Gasteiger partial charge is 0.293 e. The molecular weight excluding hydrogens is 296 g/mol. The van der Waals surface area contributed by atoms with Crippen LogP contribution >= 0.6 is 11.8 Å². The van der Waals surface area contributed by atoms with Gasteiger partial charge in [0.1, 0.15) is 0 Å². The Morgan fingerprint density at radius 2 is 1.77 bits per heavy atom. The molecule has 3 aromatic rings. The first-order valence-corrected chi connectivity index (χ1v) is 7.82. The van der Waals surface area contributed by atoms with Crippen molar-refractivity contribution >= 4 is 28.4 Å². The van der Waals surface area contributed by atoms with Crippen LogP contribution < -0.4 is 5.56 Å². The monoisotopic (exact) mass is 310 g/mol. The number of para-hydroxylation sites is 1. The Hall–Kier alpha value is -2.40. The lowest BCUT2D eigenvalue weighted by atomic mass is 10.2. The molecule has 0 saturated heterocycles. The maximum Gasteiger partial charge on any atom is 0.261 e. The number of fused-ring (bicyclic) bond motifs is 1. The minimum atomic E-state index is -0.0970. The molecule has 0 saturated carbocycles. The number of hydrogen-bond donors (Lipinski definition) is 0. The topological polar surface area (TPSA) is 52.0 Å². The molecule has 3 rings (SSSR count). The van der Waals surface area contributed by atoms with Gasteiger partial charge >= 0.3 is 0 Å². The zero-order chi connectivity index (χ0) is 15.5.